The normalized spacial score (nSPS) is 18.6. The summed E-state index contributed by atoms with van der Waals surface area (Å²) in [5.74, 6) is 0. The van der Waals surface area contributed by atoms with E-state index in [4.69, 9.17) is 0 Å². The first-order valence-electron chi connectivity index (χ1n) is 5.19. The van der Waals surface area contributed by atoms with E-state index >= 15 is 0 Å². The van der Waals surface area contributed by atoms with Crippen LogP contribution in [0.5, 0.6) is 0 Å². The molecule has 1 saturated heterocycles. The van der Waals surface area contributed by atoms with E-state index in [0.29, 0.717) is 0 Å². The maximum Gasteiger partial charge on any atom is 0.0896 e. The van der Waals surface area contributed by atoms with E-state index in [1.807, 2.05) is 17.5 Å². The first-order chi connectivity index (χ1) is 6.84. The number of rotatable bonds is 3. The zero-order valence-electron chi connectivity index (χ0n) is 8.62. The predicted molar refractivity (Wildman–Crippen MR) is 59.9 cm³/mol. The fourth-order valence-electron chi connectivity index (χ4n) is 1.72. The van der Waals surface area contributed by atoms with Crippen LogP contribution in [0.1, 0.15) is 9.88 Å². The minimum absolute atomic E-state index is 1.14. The molecule has 0 saturated carbocycles. The topological polar surface area (TPSA) is 28.2 Å². The number of thiazole rings is 1. The minimum atomic E-state index is 1.14. The lowest BCUT2D eigenvalue weighted by Gasteiger charge is -2.26. The van der Waals surface area contributed by atoms with Gasteiger partial charge in [0.05, 0.1) is 5.01 Å². The highest BCUT2D eigenvalue weighted by Crippen LogP contribution is 2.12. The van der Waals surface area contributed by atoms with Crippen LogP contribution in [-0.4, -0.2) is 42.6 Å². The van der Waals surface area contributed by atoms with Crippen LogP contribution in [0.3, 0.4) is 0 Å². The largest absolute Gasteiger partial charge is 0.314 e. The van der Waals surface area contributed by atoms with E-state index in [2.05, 4.69) is 22.1 Å². The van der Waals surface area contributed by atoms with Gasteiger partial charge in [-0.25, -0.2) is 4.98 Å². The van der Waals surface area contributed by atoms with E-state index in [9.17, 15) is 0 Å². The van der Waals surface area contributed by atoms with Gasteiger partial charge >= 0.3 is 0 Å². The standard InChI is InChI=1S/C10H17N3S/c1-9-12-8-10(14-9)2-5-13-6-3-11-4-7-13/h8,11H,2-7H2,1H3. The monoisotopic (exact) mass is 211 g/mol. The summed E-state index contributed by atoms with van der Waals surface area (Å²) in [5.41, 5.74) is 0. The number of aromatic nitrogens is 1. The first-order valence-corrected chi connectivity index (χ1v) is 6.00. The van der Waals surface area contributed by atoms with Crippen LogP contribution >= 0.6 is 11.3 Å². The molecule has 1 N–H and O–H groups in total. The summed E-state index contributed by atoms with van der Waals surface area (Å²) in [6.45, 7) is 7.92. The molecule has 0 amide bonds. The zero-order chi connectivity index (χ0) is 9.80. The first kappa shape index (κ1) is 10.1. The molecule has 1 aliphatic heterocycles. The van der Waals surface area contributed by atoms with Crippen molar-refractivity contribution in [2.75, 3.05) is 32.7 Å². The molecule has 4 heteroatoms. The Bertz CT molecular complexity index is 279. The molecule has 78 valence electrons. The molecular weight excluding hydrogens is 194 g/mol. The Kier molecular flexibility index (Phi) is 3.50. The van der Waals surface area contributed by atoms with Crippen molar-refractivity contribution < 1.29 is 0 Å². The molecule has 1 fully saturated rings. The number of hydrogen-bond donors (Lipinski definition) is 1. The number of nitrogens with zero attached hydrogens (tertiary/aromatic N) is 2. The van der Waals surface area contributed by atoms with Gasteiger partial charge in [-0.1, -0.05) is 0 Å². The van der Waals surface area contributed by atoms with Crippen LogP contribution in [0.25, 0.3) is 0 Å². The van der Waals surface area contributed by atoms with Gasteiger partial charge in [-0.3, -0.25) is 0 Å². The molecule has 1 aromatic heterocycles. The minimum Gasteiger partial charge on any atom is -0.314 e. The quantitative estimate of drug-likeness (QED) is 0.805. The molecule has 0 radical (unpaired) electrons. The third-order valence-corrected chi connectivity index (χ3v) is 3.53. The van der Waals surface area contributed by atoms with Gasteiger partial charge in [0.2, 0.25) is 0 Å². The summed E-state index contributed by atoms with van der Waals surface area (Å²) in [6.07, 6.45) is 3.17. The van der Waals surface area contributed by atoms with Gasteiger partial charge in [0.25, 0.3) is 0 Å². The van der Waals surface area contributed by atoms with E-state index in [1.165, 1.54) is 29.5 Å². The highest BCUT2D eigenvalue weighted by Gasteiger charge is 2.09. The molecule has 2 heterocycles. The van der Waals surface area contributed by atoms with Crippen molar-refractivity contribution in [3.05, 3.63) is 16.1 Å². The summed E-state index contributed by atoms with van der Waals surface area (Å²) in [6, 6.07) is 0. The van der Waals surface area contributed by atoms with Crippen LogP contribution in [0.2, 0.25) is 0 Å². The summed E-state index contributed by atoms with van der Waals surface area (Å²) >= 11 is 1.82. The molecule has 1 aliphatic rings. The van der Waals surface area contributed by atoms with Crippen molar-refractivity contribution in [3.63, 3.8) is 0 Å². The van der Waals surface area contributed by atoms with Crippen molar-refractivity contribution in [1.29, 1.82) is 0 Å². The maximum atomic E-state index is 4.27. The second-order valence-electron chi connectivity index (χ2n) is 3.69. The number of piperazine rings is 1. The molecule has 0 spiro atoms. The van der Waals surface area contributed by atoms with Gasteiger partial charge in [0, 0.05) is 43.8 Å². The molecule has 0 unspecified atom stereocenters. The second kappa shape index (κ2) is 4.87. The van der Waals surface area contributed by atoms with Gasteiger partial charge in [-0.2, -0.15) is 0 Å². The van der Waals surface area contributed by atoms with Crippen LogP contribution < -0.4 is 5.32 Å². The van der Waals surface area contributed by atoms with Crippen LogP contribution in [-0.2, 0) is 6.42 Å². The van der Waals surface area contributed by atoms with Gasteiger partial charge in [0.15, 0.2) is 0 Å². The molecule has 1 aromatic rings. The molecule has 0 bridgehead atoms. The lowest BCUT2D eigenvalue weighted by atomic mass is 10.3. The third-order valence-electron chi connectivity index (χ3n) is 2.55. The molecule has 0 aromatic carbocycles. The van der Waals surface area contributed by atoms with Crippen molar-refractivity contribution in [3.8, 4) is 0 Å². The summed E-state index contributed by atoms with van der Waals surface area (Å²) in [4.78, 5) is 8.21. The average Bonchev–Trinajstić information content (AvgIpc) is 2.63. The lowest BCUT2D eigenvalue weighted by Crippen LogP contribution is -2.44. The third kappa shape index (κ3) is 2.77. The SMILES string of the molecule is Cc1ncc(CCN2CCNCC2)s1. The molecular formula is C10H17N3S. The van der Waals surface area contributed by atoms with Crippen molar-refractivity contribution >= 4 is 11.3 Å². The Morgan fingerprint density at radius 3 is 2.93 bits per heavy atom. The summed E-state index contributed by atoms with van der Waals surface area (Å²) < 4.78 is 0. The number of aryl methyl sites for hydroxylation is 1. The average molecular weight is 211 g/mol. The Morgan fingerprint density at radius 2 is 2.29 bits per heavy atom. The van der Waals surface area contributed by atoms with E-state index in [0.717, 1.165) is 19.5 Å². The van der Waals surface area contributed by atoms with E-state index < -0.39 is 0 Å². The highest BCUT2D eigenvalue weighted by molar-refractivity contribution is 7.11. The van der Waals surface area contributed by atoms with Gasteiger partial charge in [0.1, 0.15) is 0 Å². The molecule has 3 nitrogen and oxygen atoms in total. The Labute approximate surface area is 89.1 Å². The van der Waals surface area contributed by atoms with E-state index in [-0.39, 0.29) is 0 Å². The molecule has 2 rings (SSSR count). The zero-order valence-corrected chi connectivity index (χ0v) is 9.44. The molecule has 0 atom stereocenters. The van der Waals surface area contributed by atoms with Crippen LogP contribution in [0.15, 0.2) is 6.20 Å². The lowest BCUT2D eigenvalue weighted by molar-refractivity contribution is 0.244. The molecule has 0 aliphatic carbocycles. The maximum absolute atomic E-state index is 4.27. The fraction of sp³-hybridized carbons (Fsp3) is 0.700. The fourth-order valence-corrected chi connectivity index (χ4v) is 2.51. The Balaban J connectivity index is 1.76. The Hall–Kier alpha value is -0.450. The van der Waals surface area contributed by atoms with Crippen molar-refractivity contribution in [1.82, 2.24) is 15.2 Å². The molecule has 14 heavy (non-hydrogen) atoms. The number of hydrogen-bond acceptors (Lipinski definition) is 4. The van der Waals surface area contributed by atoms with Gasteiger partial charge < -0.3 is 10.2 Å². The summed E-state index contributed by atoms with van der Waals surface area (Å²) in [7, 11) is 0. The Morgan fingerprint density at radius 1 is 1.50 bits per heavy atom. The smallest absolute Gasteiger partial charge is 0.0896 e. The highest BCUT2D eigenvalue weighted by atomic mass is 32.1. The van der Waals surface area contributed by atoms with Crippen molar-refractivity contribution in [2.45, 2.75) is 13.3 Å². The van der Waals surface area contributed by atoms with Gasteiger partial charge in [-0.15, -0.1) is 11.3 Å². The van der Waals surface area contributed by atoms with Gasteiger partial charge in [-0.05, 0) is 13.3 Å². The van der Waals surface area contributed by atoms with Crippen LogP contribution in [0, 0.1) is 6.92 Å². The predicted octanol–water partition coefficient (Wildman–Crippen LogP) is 0.899. The summed E-state index contributed by atoms with van der Waals surface area (Å²) in [5, 5.41) is 4.55. The van der Waals surface area contributed by atoms with E-state index in [1.54, 1.807) is 0 Å². The number of nitrogens with one attached hydrogen (secondary N) is 1. The van der Waals surface area contributed by atoms with Crippen molar-refractivity contribution in [2.24, 2.45) is 0 Å². The van der Waals surface area contributed by atoms with Crippen LogP contribution in [0.4, 0.5) is 0 Å². The second-order valence-corrected chi connectivity index (χ2v) is 5.01.